The second-order valence-electron chi connectivity index (χ2n) is 5.09. The largest absolute Gasteiger partial charge is 0.493 e. The summed E-state index contributed by atoms with van der Waals surface area (Å²) in [5.74, 6) is 0.115. The minimum Gasteiger partial charge on any atom is -0.493 e. The van der Waals surface area contributed by atoms with E-state index in [1.807, 2.05) is 6.07 Å². The molecule has 1 aromatic rings. The zero-order chi connectivity index (χ0) is 18.3. The molecule has 24 heavy (non-hydrogen) atoms. The van der Waals surface area contributed by atoms with Gasteiger partial charge in [0.15, 0.2) is 11.5 Å². The van der Waals surface area contributed by atoms with Gasteiger partial charge in [-0.25, -0.2) is 4.79 Å². The Morgan fingerprint density at radius 3 is 2.29 bits per heavy atom. The lowest BCUT2D eigenvalue weighted by molar-refractivity contribution is -0.135. The molecule has 0 radical (unpaired) electrons. The number of nitrogens with one attached hydrogen (secondary N) is 1. The second kappa shape index (κ2) is 8.76. The van der Waals surface area contributed by atoms with E-state index < -0.39 is 23.9 Å². The maximum Gasteiger partial charge on any atom is 0.322 e. The van der Waals surface area contributed by atoms with E-state index in [0.29, 0.717) is 17.9 Å². The average Bonchev–Trinajstić information content (AvgIpc) is 2.56. The lowest BCUT2D eigenvalue weighted by Gasteiger charge is -2.26. The average molecular weight is 337 g/mol. The zero-order valence-corrected chi connectivity index (χ0v) is 14.3. The first kappa shape index (κ1) is 19.3. The first-order chi connectivity index (χ1) is 11.3. The van der Waals surface area contributed by atoms with Crippen molar-refractivity contribution in [1.82, 2.24) is 10.2 Å². The normalized spacial score (nSPS) is 11.3. The van der Waals surface area contributed by atoms with Gasteiger partial charge in [-0.05, 0) is 30.5 Å². The number of carbonyl (C=O) groups is 3. The lowest BCUT2D eigenvalue weighted by Crippen LogP contribution is -2.53. The van der Waals surface area contributed by atoms with Gasteiger partial charge in [-0.3, -0.25) is 14.5 Å². The fraction of sp³-hybridized carbons (Fsp3) is 0.438. The van der Waals surface area contributed by atoms with Gasteiger partial charge in [0.2, 0.25) is 11.8 Å². The molecule has 1 unspecified atom stereocenters. The van der Waals surface area contributed by atoms with Crippen molar-refractivity contribution in [3.63, 3.8) is 0 Å². The van der Waals surface area contributed by atoms with Crippen LogP contribution in [-0.4, -0.2) is 50.1 Å². The Kier molecular flexibility index (Phi) is 7.03. The number of nitrogens with two attached hydrogens (primary N) is 1. The standard InChI is InChI=1S/C16H23N3O5/c1-10(20)19(16(17)22)12(15(21)18-2)7-5-11-6-8-13(23-3)14(9-11)24-4/h6,8-9,12H,5,7H2,1-4H3,(H2,17,22)(H,18,21). The molecule has 8 heteroatoms. The Hall–Kier alpha value is -2.77. The number of imide groups is 1. The highest BCUT2D eigenvalue weighted by Crippen LogP contribution is 2.28. The maximum atomic E-state index is 12.0. The number of primary amides is 1. The van der Waals surface area contributed by atoms with Crippen LogP contribution < -0.4 is 20.5 Å². The number of carbonyl (C=O) groups excluding carboxylic acids is 3. The van der Waals surface area contributed by atoms with Crippen molar-refractivity contribution < 1.29 is 23.9 Å². The summed E-state index contributed by atoms with van der Waals surface area (Å²) in [7, 11) is 4.50. The minimum atomic E-state index is -0.974. The van der Waals surface area contributed by atoms with E-state index >= 15 is 0 Å². The van der Waals surface area contributed by atoms with Crippen molar-refractivity contribution in [2.75, 3.05) is 21.3 Å². The summed E-state index contributed by atoms with van der Waals surface area (Å²) in [6, 6.07) is 3.42. The van der Waals surface area contributed by atoms with Crippen LogP contribution in [0.25, 0.3) is 0 Å². The number of benzene rings is 1. The van der Waals surface area contributed by atoms with E-state index in [2.05, 4.69) is 5.32 Å². The van der Waals surface area contributed by atoms with Gasteiger partial charge in [0.05, 0.1) is 14.2 Å². The van der Waals surface area contributed by atoms with Gasteiger partial charge in [-0.15, -0.1) is 0 Å². The third kappa shape index (κ3) is 4.61. The number of hydrogen-bond donors (Lipinski definition) is 2. The van der Waals surface area contributed by atoms with Crippen LogP contribution in [0.2, 0.25) is 0 Å². The summed E-state index contributed by atoms with van der Waals surface area (Å²) in [6.07, 6.45) is 0.674. The van der Waals surface area contributed by atoms with Crippen molar-refractivity contribution in [2.24, 2.45) is 5.73 Å². The minimum absolute atomic E-state index is 0.234. The molecule has 0 aliphatic rings. The summed E-state index contributed by atoms with van der Waals surface area (Å²) in [5.41, 5.74) is 6.10. The molecule has 1 rings (SSSR count). The van der Waals surface area contributed by atoms with Crippen LogP contribution in [0.1, 0.15) is 18.9 Å². The maximum absolute atomic E-state index is 12.0. The Morgan fingerprint density at radius 1 is 1.21 bits per heavy atom. The molecule has 0 heterocycles. The van der Waals surface area contributed by atoms with Crippen LogP contribution in [0.4, 0.5) is 4.79 Å². The predicted octanol–water partition coefficient (Wildman–Crippen LogP) is 0.678. The fourth-order valence-corrected chi connectivity index (χ4v) is 2.41. The highest BCUT2D eigenvalue weighted by Gasteiger charge is 2.30. The molecule has 1 aromatic carbocycles. The smallest absolute Gasteiger partial charge is 0.322 e. The summed E-state index contributed by atoms with van der Waals surface area (Å²) < 4.78 is 10.4. The Balaban J connectivity index is 2.98. The number of amides is 4. The van der Waals surface area contributed by atoms with E-state index in [9.17, 15) is 14.4 Å². The van der Waals surface area contributed by atoms with E-state index in [0.717, 1.165) is 10.5 Å². The first-order valence-corrected chi connectivity index (χ1v) is 7.37. The second-order valence-corrected chi connectivity index (χ2v) is 5.09. The van der Waals surface area contributed by atoms with E-state index in [4.69, 9.17) is 15.2 Å². The number of aryl methyl sites for hydroxylation is 1. The zero-order valence-electron chi connectivity index (χ0n) is 14.3. The van der Waals surface area contributed by atoms with Crippen molar-refractivity contribution in [2.45, 2.75) is 25.8 Å². The van der Waals surface area contributed by atoms with Gasteiger partial charge < -0.3 is 20.5 Å². The molecule has 0 saturated carbocycles. The number of methoxy groups -OCH3 is 2. The Labute approximate surface area is 140 Å². The van der Waals surface area contributed by atoms with Gasteiger partial charge in [0, 0.05) is 14.0 Å². The number of rotatable bonds is 7. The van der Waals surface area contributed by atoms with Crippen LogP contribution >= 0.6 is 0 Å². The SMILES string of the molecule is CNC(=O)C(CCc1ccc(OC)c(OC)c1)N(C(C)=O)C(N)=O. The molecule has 4 amide bonds. The summed E-state index contributed by atoms with van der Waals surface area (Å²) in [5, 5.41) is 2.45. The molecular formula is C16H23N3O5. The molecule has 0 saturated heterocycles. The Morgan fingerprint density at radius 2 is 1.83 bits per heavy atom. The summed E-state index contributed by atoms with van der Waals surface area (Å²) >= 11 is 0. The molecule has 3 N–H and O–H groups in total. The van der Waals surface area contributed by atoms with Crippen molar-refractivity contribution in [1.29, 1.82) is 0 Å². The number of likely N-dealkylation sites (N-methyl/N-ethyl adjacent to an activating group) is 1. The molecule has 1 atom stereocenters. The molecule has 8 nitrogen and oxygen atoms in total. The third-order valence-corrected chi connectivity index (χ3v) is 3.59. The van der Waals surface area contributed by atoms with Crippen molar-refractivity contribution >= 4 is 17.8 Å². The van der Waals surface area contributed by atoms with Crippen LogP contribution in [0.5, 0.6) is 11.5 Å². The number of ether oxygens (including phenoxy) is 2. The molecule has 0 fully saturated rings. The fourth-order valence-electron chi connectivity index (χ4n) is 2.41. The van der Waals surface area contributed by atoms with Crippen molar-refractivity contribution in [3.8, 4) is 11.5 Å². The highest BCUT2D eigenvalue weighted by atomic mass is 16.5. The molecule has 0 aromatic heterocycles. The molecule has 0 bridgehead atoms. The van der Waals surface area contributed by atoms with E-state index in [1.165, 1.54) is 28.2 Å². The van der Waals surface area contributed by atoms with Gasteiger partial charge in [-0.2, -0.15) is 0 Å². The number of nitrogens with zero attached hydrogens (tertiary/aromatic N) is 1. The van der Waals surface area contributed by atoms with Crippen molar-refractivity contribution in [3.05, 3.63) is 23.8 Å². The predicted molar refractivity (Wildman–Crippen MR) is 87.8 cm³/mol. The summed E-state index contributed by atoms with van der Waals surface area (Å²) in [4.78, 5) is 36.0. The first-order valence-electron chi connectivity index (χ1n) is 7.37. The highest BCUT2D eigenvalue weighted by molar-refractivity contribution is 5.98. The van der Waals surface area contributed by atoms with Gasteiger partial charge in [-0.1, -0.05) is 6.07 Å². The molecule has 132 valence electrons. The third-order valence-electron chi connectivity index (χ3n) is 3.59. The van der Waals surface area contributed by atoms with Gasteiger partial charge >= 0.3 is 6.03 Å². The lowest BCUT2D eigenvalue weighted by atomic mass is 10.0. The van der Waals surface area contributed by atoms with Gasteiger partial charge in [0.1, 0.15) is 6.04 Å². The molecule has 0 aliphatic carbocycles. The molecule has 0 spiro atoms. The topological polar surface area (TPSA) is 111 Å². The Bertz CT molecular complexity index is 604. The van der Waals surface area contributed by atoms with Gasteiger partial charge in [0.25, 0.3) is 0 Å². The van der Waals surface area contributed by atoms with E-state index in [-0.39, 0.29) is 6.42 Å². The molecule has 0 aliphatic heterocycles. The molecular weight excluding hydrogens is 314 g/mol. The summed E-state index contributed by atoms with van der Waals surface area (Å²) in [6.45, 7) is 1.19. The quantitative estimate of drug-likeness (QED) is 0.760. The van der Waals surface area contributed by atoms with Crippen LogP contribution in [-0.2, 0) is 16.0 Å². The van der Waals surface area contributed by atoms with Crippen LogP contribution in [0.15, 0.2) is 18.2 Å². The number of hydrogen-bond acceptors (Lipinski definition) is 5. The monoisotopic (exact) mass is 337 g/mol. The van der Waals surface area contributed by atoms with Crippen LogP contribution in [0, 0.1) is 0 Å². The van der Waals surface area contributed by atoms with Crippen LogP contribution in [0.3, 0.4) is 0 Å². The van der Waals surface area contributed by atoms with E-state index in [1.54, 1.807) is 12.1 Å². The number of urea groups is 1.